The first-order valence-electron chi connectivity index (χ1n) is 7.86. The minimum Gasteiger partial charge on any atom is -0.369 e. The molecule has 1 aromatic heterocycles. The van der Waals surface area contributed by atoms with Crippen molar-refractivity contribution in [2.45, 2.75) is 24.0 Å². The largest absolute Gasteiger partial charge is 0.369 e. The minimum atomic E-state index is -3.60. The number of sulfone groups is 1. The molecule has 0 radical (unpaired) electrons. The molecule has 0 saturated heterocycles. The summed E-state index contributed by atoms with van der Waals surface area (Å²) in [7, 11) is -3.60. The van der Waals surface area contributed by atoms with E-state index < -0.39 is 15.1 Å². The zero-order chi connectivity index (χ0) is 19.1. The Morgan fingerprint density at radius 3 is 2.35 bits per heavy atom. The molecule has 3 N–H and O–H groups in total. The molecule has 0 aliphatic carbocycles. The van der Waals surface area contributed by atoms with Crippen molar-refractivity contribution in [3.63, 3.8) is 0 Å². The van der Waals surface area contributed by atoms with Gasteiger partial charge in [-0.25, -0.2) is 13.4 Å². The molecule has 3 rings (SSSR count). The Kier molecular flexibility index (Phi) is 5.01. The smallest absolute Gasteiger partial charge is 0.198 e. The SMILES string of the molecule is CC(C)S(=O)(=O)c1cc(C(=C(Cl)Cl)c2ccccc2)cc2[nH]c(N)nc12. The number of hydrogen-bond acceptors (Lipinski definition) is 4. The van der Waals surface area contributed by atoms with Gasteiger partial charge in [0.05, 0.1) is 15.7 Å². The van der Waals surface area contributed by atoms with Crippen LogP contribution in [0.1, 0.15) is 25.0 Å². The normalized spacial score (nSPS) is 11.9. The average molecular weight is 410 g/mol. The Bertz CT molecular complexity index is 1100. The van der Waals surface area contributed by atoms with E-state index in [0.717, 1.165) is 5.56 Å². The average Bonchev–Trinajstić information content (AvgIpc) is 2.94. The molecule has 2 aromatic carbocycles. The predicted octanol–water partition coefficient (Wildman–Crippen LogP) is 4.52. The van der Waals surface area contributed by atoms with Gasteiger partial charge in [0, 0.05) is 5.57 Å². The fourth-order valence-corrected chi connectivity index (χ4v) is 4.37. The maximum atomic E-state index is 12.9. The summed E-state index contributed by atoms with van der Waals surface area (Å²) in [6.07, 6.45) is 0. The van der Waals surface area contributed by atoms with E-state index in [1.165, 1.54) is 0 Å². The highest BCUT2D eigenvalue weighted by Crippen LogP contribution is 2.35. The van der Waals surface area contributed by atoms with Crippen molar-refractivity contribution < 1.29 is 8.42 Å². The quantitative estimate of drug-likeness (QED) is 0.662. The van der Waals surface area contributed by atoms with E-state index in [9.17, 15) is 8.42 Å². The van der Waals surface area contributed by atoms with Crippen molar-refractivity contribution in [1.82, 2.24) is 9.97 Å². The van der Waals surface area contributed by atoms with E-state index in [-0.39, 0.29) is 15.3 Å². The number of hydrogen-bond donors (Lipinski definition) is 2. The second kappa shape index (κ2) is 6.95. The molecule has 26 heavy (non-hydrogen) atoms. The number of nitrogens with two attached hydrogens (primary N) is 1. The third kappa shape index (κ3) is 3.32. The van der Waals surface area contributed by atoms with Gasteiger partial charge < -0.3 is 10.7 Å². The standard InChI is InChI=1S/C18H17Cl2N3O2S/c1-10(2)26(24,25)14-9-12(8-13-16(14)23-18(21)22-13)15(17(19)20)11-6-4-3-5-7-11/h3-10H,1-2H3,(H3,21,22,23). The van der Waals surface area contributed by atoms with E-state index in [1.54, 1.807) is 26.0 Å². The van der Waals surface area contributed by atoms with Crippen LogP contribution in [0.2, 0.25) is 0 Å². The van der Waals surface area contributed by atoms with Crippen LogP contribution in [-0.2, 0) is 9.84 Å². The summed E-state index contributed by atoms with van der Waals surface area (Å²) in [4.78, 5) is 7.12. The fraction of sp³-hybridized carbons (Fsp3) is 0.167. The Hall–Kier alpha value is -2.02. The highest BCUT2D eigenvalue weighted by Gasteiger charge is 2.25. The van der Waals surface area contributed by atoms with Crippen molar-refractivity contribution in [1.29, 1.82) is 0 Å². The molecule has 0 fully saturated rings. The maximum Gasteiger partial charge on any atom is 0.198 e. The van der Waals surface area contributed by atoms with Crippen LogP contribution in [0.4, 0.5) is 5.95 Å². The van der Waals surface area contributed by atoms with Crippen LogP contribution in [0.5, 0.6) is 0 Å². The predicted molar refractivity (Wildman–Crippen MR) is 107 cm³/mol. The molecule has 0 unspecified atom stereocenters. The molecule has 0 spiro atoms. The first-order valence-corrected chi connectivity index (χ1v) is 10.2. The van der Waals surface area contributed by atoms with Gasteiger partial charge in [-0.15, -0.1) is 0 Å². The van der Waals surface area contributed by atoms with Crippen molar-refractivity contribution >= 4 is 55.6 Å². The molecule has 8 heteroatoms. The van der Waals surface area contributed by atoms with Crippen molar-refractivity contribution in [3.8, 4) is 0 Å². The van der Waals surface area contributed by atoms with E-state index in [2.05, 4.69) is 9.97 Å². The molecule has 1 heterocycles. The number of fused-ring (bicyclic) bond motifs is 1. The zero-order valence-electron chi connectivity index (χ0n) is 14.1. The second-order valence-corrected chi connectivity index (χ2v) is 9.51. The number of aromatic nitrogens is 2. The lowest BCUT2D eigenvalue weighted by molar-refractivity contribution is 0.588. The molecule has 0 aliphatic rings. The molecule has 0 atom stereocenters. The first-order chi connectivity index (χ1) is 12.2. The number of anilines is 1. The van der Waals surface area contributed by atoms with Crippen LogP contribution < -0.4 is 5.73 Å². The summed E-state index contributed by atoms with van der Waals surface area (Å²) in [5, 5.41) is -0.616. The van der Waals surface area contributed by atoms with Gasteiger partial charge >= 0.3 is 0 Å². The van der Waals surface area contributed by atoms with Crippen LogP contribution in [0.15, 0.2) is 51.9 Å². The molecular formula is C18H17Cl2N3O2S. The van der Waals surface area contributed by atoms with Gasteiger partial charge in [-0.1, -0.05) is 53.5 Å². The fourth-order valence-electron chi connectivity index (χ4n) is 2.71. The van der Waals surface area contributed by atoms with Crippen LogP contribution in [0, 0.1) is 0 Å². The molecule has 3 aromatic rings. The number of imidazole rings is 1. The van der Waals surface area contributed by atoms with Gasteiger partial charge in [0.25, 0.3) is 0 Å². The molecular weight excluding hydrogens is 393 g/mol. The second-order valence-electron chi connectivity index (χ2n) is 6.09. The topological polar surface area (TPSA) is 88.8 Å². The number of H-pyrrole nitrogens is 1. The van der Waals surface area contributed by atoms with E-state index in [4.69, 9.17) is 28.9 Å². The van der Waals surface area contributed by atoms with Crippen LogP contribution in [0.3, 0.4) is 0 Å². The highest BCUT2D eigenvalue weighted by atomic mass is 35.5. The number of nitrogens with zero attached hydrogens (tertiary/aromatic N) is 1. The van der Waals surface area contributed by atoms with Crippen molar-refractivity contribution in [2.75, 3.05) is 5.73 Å². The molecule has 136 valence electrons. The van der Waals surface area contributed by atoms with Gasteiger partial charge in [-0.2, -0.15) is 0 Å². The molecule has 0 bridgehead atoms. The van der Waals surface area contributed by atoms with Crippen LogP contribution >= 0.6 is 23.2 Å². The minimum absolute atomic E-state index is 0.0379. The Labute approximate surface area is 161 Å². The van der Waals surface area contributed by atoms with Gasteiger partial charge in [0.15, 0.2) is 15.8 Å². The third-order valence-electron chi connectivity index (χ3n) is 4.04. The number of nitrogen functional groups attached to an aromatic ring is 1. The number of rotatable bonds is 4. The number of benzene rings is 2. The number of aromatic amines is 1. The molecule has 0 aliphatic heterocycles. The monoisotopic (exact) mass is 409 g/mol. The van der Waals surface area contributed by atoms with E-state index in [1.807, 2.05) is 30.3 Å². The summed E-state index contributed by atoms with van der Waals surface area (Å²) in [6.45, 7) is 3.23. The summed E-state index contributed by atoms with van der Waals surface area (Å²) < 4.78 is 25.8. The highest BCUT2D eigenvalue weighted by molar-refractivity contribution is 7.92. The maximum absolute atomic E-state index is 12.9. The van der Waals surface area contributed by atoms with E-state index >= 15 is 0 Å². The van der Waals surface area contributed by atoms with Gasteiger partial charge in [0.1, 0.15) is 10.0 Å². The zero-order valence-corrected chi connectivity index (χ0v) is 16.5. The molecule has 5 nitrogen and oxygen atoms in total. The van der Waals surface area contributed by atoms with Gasteiger partial charge in [-0.3, -0.25) is 0 Å². The lowest BCUT2D eigenvalue weighted by atomic mass is 9.99. The number of nitrogens with one attached hydrogen (secondary N) is 1. The lowest BCUT2D eigenvalue weighted by Gasteiger charge is -2.13. The van der Waals surface area contributed by atoms with Crippen molar-refractivity contribution in [3.05, 3.63) is 58.1 Å². The summed E-state index contributed by atoms with van der Waals surface area (Å²) >= 11 is 12.3. The Morgan fingerprint density at radius 2 is 1.77 bits per heavy atom. The van der Waals surface area contributed by atoms with Crippen molar-refractivity contribution in [2.24, 2.45) is 0 Å². The lowest BCUT2D eigenvalue weighted by Crippen LogP contribution is -2.15. The molecule has 0 saturated carbocycles. The van der Waals surface area contributed by atoms with Crippen LogP contribution in [0.25, 0.3) is 16.6 Å². The van der Waals surface area contributed by atoms with Gasteiger partial charge in [-0.05, 0) is 37.1 Å². The Balaban J connectivity index is 2.36. The van der Waals surface area contributed by atoms with E-state index in [0.29, 0.717) is 22.2 Å². The Morgan fingerprint density at radius 1 is 1.12 bits per heavy atom. The first kappa shape index (κ1) is 18.8. The third-order valence-corrected chi connectivity index (χ3v) is 6.58. The summed E-state index contributed by atoms with van der Waals surface area (Å²) in [5.74, 6) is 0.138. The molecule has 0 amide bonds. The number of halogens is 2. The summed E-state index contributed by atoms with van der Waals surface area (Å²) in [5.41, 5.74) is 8.42. The summed E-state index contributed by atoms with van der Waals surface area (Å²) in [6, 6.07) is 12.6. The van der Waals surface area contributed by atoms with Gasteiger partial charge in [0.2, 0.25) is 0 Å². The van der Waals surface area contributed by atoms with Crippen LogP contribution in [-0.4, -0.2) is 23.6 Å².